The van der Waals surface area contributed by atoms with E-state index in [-0.39, 0.29) is 16.6 Å². The molecule has 1 fully saturated rings. The summed E-state index contributed by atoms with van der Waals surface area (Å²) in [7, 11) is 0. The topological polar surface area (TPSA) is 75.2 Å². The van der Waals surface area contributed by atoms with Gasteiger partial charge in [-0.05, 0) is 37.7 Å². The van der Waals surface area contributed by atoms with Gasteiger partial charge in [-0.2, -0.15) is 0 Å². The van der Waals surface area contributed by atoms with Gasteiger partial charge in [-0.15, -0.1) is 11.3 Å². The summed E-state index contributed by atoms with van der Waals surface area (Å²) in [5.74, 6) is -0.0641. The Bertz CT molecular complexity index is 1320. The lowest BCUT2D eigenvalue weighted by Gasteiger charge is -2.31. The van der Waals surface area contributed by atoms with Crippen LogP contribution in [-0.2, 0) is 4.74 Å². The van der Waals surface area contributed by atoms with Crippen molar-refractivity contribution in [3.63, 3.8) is 0 Å². The van der Waals surface area contributed by atoms with Gasteiger partial charge in [-0.1, -0.05) is 13.0 Å². The first-order valence-corrected chi connectivity index (χ1v) is 12.4. The van der Waals surface area contributed by atoms with Gasteiger partial charge >= 0.3 is 0 Å². The Kier molecular flexibility index (Phi) is 6.85. The Balaban J connectivity index is 1.44. The number of aromatic nitrogens is 3. The second-order valence-corrected chi connectivity index (χ2v) is 9.29. The predicted octanol–water partition coefficient (Wildman–Crippen LogP) is 5.28. The summed E-state index contributed by atoms with van der Waals surface area (Å²) < 4.78 is 34.7. The highest BCUT2D eigenvalue weighted by atomic mass is 32.1. The molecule has 4 aromatic rings. The molecule has 0 bridgehead atoms. The van der Waals surface area contributed by atoms with Crippen LogP contribution in [0.5, 0.6) is 0 Å². The molecule has 5 rings (SSSR count). The third kappa shape index (κ3) is 4.95. The molecule has 10 heteroatoms. The molecule has 35 heavy (non-hydrogen) atoms. The number of pyridine rings is 2. The number of hydrogen-bond acceptors (Lipinski definition) is 8. The number of nitrogens with one attached hydrogen (secondary N) is 2. The van der Waals surface area contributed by atoms with E-state index in [4.69, 9.17) is 9.72 Å². The molecule has 0 saturated carbocycles. The molecule has 2 N–H and O–H groups in total. The standard InChI is InChI=1S/C25H26F2N6OS/c1-3-28-15(2)24-19(33-9-11-34-12-10-33)7-8-21(32-24)31-22-13-18-20(14-29-22)35-25(30-18)23-16(26)5-4-6-17(23)27/h4-8,13-15,28H,3,9-12H2,1-2H3,(H,29,31,32). The van der Waals surface area contributed by atoms with Crippen molar-refractivity contribution >= 4 is 38.9 Å². The molecule has 4 heterocycles. The summed E-state index contributed by atoms with van der Waals surface area (Å²) in [6, 6.07) is 9.63. The quantitative estimate of drug-likeness (QED) is 0.360. The van der Waals surface area contributed by atoms with E-state index in [9.17, 15) is 8.78 Å². The lowest BCUT2D eigenvalue weighted by molar-refractivity contribution is 0.122. The zero-order chi connectivity index (χ0) is 24.4. The molecule has 0 radical (unpaired) electrons. The number of rotatable bonds is 7. The number of halogens is 2. The van der Waals surface area contributed by atoms with E-state index < -0.39 is 11.6 Å². The highest BCUT2D eigenvalue weighted by molar-refractivity contribution is 7.21. The molecule has 1 aliphatic heterocycles. The van der Waals surface area contributed by atoms with Crippen LogP contribution in [0.3, 0.4) is 0 Å². The largest absolute Gasteiger partial charge is 0.378 e. The molecule has 1 unspecified atom stereocenters. The van der Waals surface area contributed by atoms with Crippen LogP contribution in [0.2, 0.25) is 0 Å². The number of ether oxygens (including phenoxy) is 1. The molecule has 1 aromatic carbocycles. The fraction of sp³-hybridized carbons (Fsp3) is 0.320. The van der Waals surface area contributed by atoms with Crippen LogP contribution in [0.25, 0.3) is 20.8 Å². The van der Waals surface area contributed by atoms with Gasteiger partial charge in [0.15, 0.2) is 0 Å². The molecular formula is C25H26F2N6OS. The molecule has 3 aromatic heterocycles. The van der Waals surface area contributed by atoms with Crippen molar-refractivity contribution in [2.24, 2.45) is 0 Å². The number of morpholine rings is 1. The third-order valence-electron chi connectivity index (χ3n) is 5.88. The minimum Gasteiger partial charge on any atom is -0.378 e. The van der Waals surface area contributed by atoms with E-state index in [1.807, 2.05) is 6.07 Å². The van der Waals surface area contributed by atoms with Crippen LogP contribution in [0.15, 0.2) is 42.6 Å². The molecule has 1 atom stereocenters. The maximum atomic E-state index is 14.2. The van der Waals surface area contributed by atoms with Crippen molar-refractivity contribution in [2.75, 3.05) is 43.1 Å². The van der Waals surface area contributed by atoms with E-state index >= 15 is 0 Å². The van der Waals surface area contributed by atoms with Gasteiger partial charge in [0.2, 0.25) is 0 Å². The monoisotopic (exact) mass is 496 g/mol. The van der Waals surface area contributed by atoms with Crippen molar-refractivity contribution in [1.82, 2.24) is 20.3 Å². The Morgan fingerprint density at radius 3 is 2.60 bits per heavy atom. The number of thiazole rings is 1. The maximum Gasteiger partial charge on any atom is 0.136 e. The second-order valence-electron chi connectivity index (χ2n) is 8.26. The molecule has 0 aliphatic carbocycles. The fourth-order valence-electron chi connectivity index (χ4n) is 4.17. The molecular weight excluding hydrogens is 470 g/mol. The van der Waals surface area contributed by atoms with Gasteiger partial charge in [-0.3, -0.25) is 0 Å². The van der Waals surface area contributed by atoms with E-state index in [0.29, 0.717) is 30.4 Å². The first kappa shape index (κ1) is 23.5. The van der Waals surface area contributed by atoms with E-state index in [0.717, 1.165) is 35.7 Å². The minimum atomic E-state index is -0.637. The molecule has 0 amide bonds. The van der Waals surface area contributed by atoms with Crippen molar-refractivity contribution in [3.8, 4) is 10.6 Å². The molecule has 7 nitrogen and oxygen atoms in total. The summed E-state index contributed by atoms with van der Waals surface area (Å²) in [6.07, 6.45) is 1.65. The lowest BCUT2D eigenvalue weighted by atomic mass is 10.1. The zero-order valence-electron chi connectivity index (χ0n) is 19.5. The Labute approximate surface area is 206 Å². The maximum absolute atomic E-state index is 14.2. The first-order valence-electron chi connectivity index (χ1n) is 11.6. The Morgan fingerprint density at radius 2 is 1.86 bits per heavy atom. The summed E-state index contributed by atoms with van der Waals surface area (Å²) in [6.45, 7) is 8.05. The molecule has 1 saturated heterocycles. The van der Waals surface area contributed by atoms with Crippen molar-refractivity contribution in [2.45, 2.75) is 19.9 Å². The van der Waals surface area contributed by atoms with Crippen molar-refractivity contribution < 1.29 is 13.5 Å². The van der Waals surface area contributed by atoms with Crippen LogP contribution < -0.4 is 15.5 Å². The number of fused-ring (bicyclic) bond motifs is 1. The van der Waals surface area contributed by atoms with Gasteiger partial charge < -0.3 is 20.3 Å². The zero-order valence-corrected chi connectivity index (χ0v) is 20.3. The average Bonchev–Trinajstić information content (AvgIpc) is 3.27. The lowest BCUT2D eigenvalue weighted by Crippen LogP contribution is -2.37. The second kappa shape index (κ2) is 10.2. The van der Waals surface area contributed by atoms with Crippen LogP contribution in [0.4, 0.5) is 26.1 Å². The molecule has 0 spiro atoms. The highest BCUT2D eigenvalue weighted by Gasteiger charge is 2.20. The van der Waals surface area contributed by atoms with Crippen LogP contribution >= 0.6 is 11.3 Å². The summed E-state index contributed by atoms with van der Waals surface area (Å²) in [4.78, 5) is 16.1. The SMILES string of the molecule is CCNC(C)c1nc(Nc2cc3nc(-c4c(F)cccc4F)sc3cn2)ccc1N1CCOCC1. The fourth-order valence-corrected chi connectivity index (χ4v) is 5.14. The number of nitrogens with zero attached hydrogens (tertiary/aromatic N) is 4. The molecule has 1 aliphatic rings. The predicted molar refractivity (Wildman–Crippen MR) is 135 cm³/mol. The first-order chi connectivity index (χ1) is 17.0. The smallest absolute Gasteiger partial charge is 0.136 e. The van der Waals surface area contributed by atoms with Crippen LogP contribution in [0.1, 0.15) is 25.6 Å². The van der Waals surface area contributed by atoms with Crippen LogP contribution in [0, 0.1) is 11.6 Å². The number of hydrogen-bond donors (Lipinski definition) is 2. The normalized spacial score (nSPS) is 14.9. The van der Waals surface area contributed by atoms with Gasteiger partial charge in [-0.25, -0.2) is 23.7 Å². The number of benzene rings is 1. The van der Waals surface area contributed by atoms with Crippen LogP contribution in [-0.4, -0.2) is 47.8 Å². The van der Waals surface area contributed by atoms with Gasteiger partial charge in [0.25, 0.3) is 0 Å². The van der Waals surface area contributed by atoms with Crippen molar-refractivity contribution in [3.05, 3.63) is 59.9 Å². The van der Waals surface area contributed by atoms with E-state index in [2.05, 4.69) is 45.4 Å². The number of anilines is 3. The Morgan fingerprint density at radius 1 is 1.09 bits per heavy atom. The Hall–Kier alpha value is -3.21. The molecule has 182 valence electrons. The van der Waals surface area contributed by atoms with E-state index in [1.165, 1.54) is 29.5 Å². The van der Waals surface area contributed by atoms with Gasteiger partial charge in [0.05, 0.1) is 40.4 Å². The average molecular weight is 497 g/mol. The van der Waals surface area contributed by atoms with Gasteiger partial charge in [0, 0.05) is 31.4 Å². The highest BCUT2D eigenvalue weighted by Crippen LogP contribution is 2.34. The van der Waals surface area contributed by atoms with E-state index in [1.54, 1.807) is 12.3 Å². The van der Waals surface area contributed by atoms with Crippen molar-refractivity contribution in [1.29, 1.82) is 0 Å². The minimum absolute atomic E-state index is 0.0619. The summed E-state index contributed by atoms with van der Waals surface area (Å²) in [5, 5.41) is 6.99. The summed E-state index contributed by atoms with van der Waals surface area (Å²) in [5.41, 5.74) is 2.53. The third-order valence-corrected chi connectivity index (χ3v) is 6.91. The van der Waals surface area contributed by atoms with Gasteiger partial charge in [0.1, 0.15) is 28.3 Å². The summed E-state index contributed by atoms with van der Waals surface area (Å²) >= 11 is 1.20.